The number of nitrogens with one attached hydrogen (secondary N) is 1. The van der Waals surface area contributed by atoms with Gasteiger partial charge in [0.2, 0.25) is 10.0 Å². The van der Waals surface area contributed by atoms with Gasteiger partial charge in [-0.15, -0.1) is 0 Å². The Morgan fingerprint density at radius 2 is 1.53 bits per heavy atom. The normalized spacial score (nSPS) is 15.2. The first-order chi connectivity index (χ1) is 17.2. The monoisotopic (exact) mass is 513 g/mol. The van der Waals surface area contributed by atoms with Crippen LogP contribution in [0.25, 0.3) is 10.8 Å². The van der Waals surface area contributed by atoms with E-state index in [1.807, 2.05) is 35.2 Å². The molecule has 1 N–H and O–H groups in total. The van der Waals surface area contributed by atoms with Crippen molar-refractivity contribution in [3.8, 4) is 0 Å². The van der Waals surface area contributed by atoms with E-state index in [1.165, 1.54) is 22.8 Å². The molecule has 0 atom stereocenters. The second-order valence-electron chi connectivity index (χ2n) is 8.33. The van der Waals surface area contributed by atoms with Crippen LogP contribution in [0.2, 0.25) is 0 Å². The van der Waals surface area contributed by atoms with E-state index in [2.05, 4.69) is 15.3 Å². The number of rotatable bonds is 5. The molecule has 0 saturated carbocycles. The fraction of sp³-hybridized carbons (Fsp3) is 0.200. The second kappa shape index (κ2) is 9.40. The van der Waals surface area contributed by atoms with Gasteiger partial charge < -0.3 is 10.2 Å². The third kappa shape index (κ3) is 4.84. The van der Waals surface area contributed by atoms with Gasteiger partial charge in [-0.1, -0.05) is 36.4 Å². The van der Waals surface area contributed by atoms with Gasteiger partial charge in [-0.25, -0.2) is 18.4 Å². The number of nitrogens with zero attached hydrogens (tertiary/aromatic N) is 4. The Bertz CT molecular complexity index is 1480. The van der Waals surface area contributed by atoms with Crippen molar-refractivity contribution >= 4 is 38.1 Å². The molecule has 1 saturated heterocycles. The molecule has 0 radical (unpaired) electrons. The zero-order valence-corrected chi connectivity index (χ0v) is 19.8. The van der Waals surface area contributed by atoms with Crippen LogP contribution in [-0.4, -0.2) is 48.9 Å². The van der Waals surface area contributed by atoms with Crippen LogP contribution < -0.4 is 10.2 Å². The Hall–Kier alpha value is -3.70. The van der Waals surface area contributed by atoms with Crippen LogP contribution in [0, 0.1) is 0 Å². The number of alkyl halides is 3. The van der Waals surface area contributed by atoms with E-state index in [-0.39, 0.29) is 13.1 Å². The molecule has 36 heavy (non-hydrogen) atoms. The summed E-state index contributed by atoms with van der Waals surface area (Å²) in [6, 6.07) is 19.0. The lowest BCUT2D eigenvalue weighted by Crippen LogP contribution is -2.49. The summed E-state index contributed by atoms with van der Waals surface area (Å²) in [7, 11) is -3.68. The molecule has 0 bridgehead atoms. The van der Waals surface area contributed by atoms with Gasteiger partial charge in [-0.2, -0.15) is 17.5 Å². The number of hydrogen-bond acceptors (Lipinski definition) is 6. The Morgan fingerprint density at radius 1 is 0.833 bits per heavy atom. The van der Waals surface area contributed by atoms with E-state index in [9.17, 15) is 21.6 Å². The van der Waals surface area contributed by atoms with E-state index >= 15 is 0 Å². The largest absolute Gasteiger partial charge is 0.416 e. The Kier molecular flexibility index (Phi) is 6.27. The summed E-state index contributed by atoms with van der Waals surface area (Å²) >= 11 is 0. The smallest absolute Gasteiger partial charge is 0.354 e. The van der Waals surface area contributed by atoms with Gasteiger partial charge >= 0.3 is 6.18 Å². The molecule has 1 fully saturated rings. The van der Waals surface area contributed by atoms with Crippen molar-refractivity contribution in [3.63, 3.8) is 0 Å². The maximum Gasteiger partial charge on any atom is 0.416 e. The highest BCUT2D eigenvalue weighted by molar-refractivity contribution is 7.89. The van der Waals surface area contributed by atoms with Crippen LogP contribution in [-0.2, 0) is 16.2 Å². The lowest BCUT2D eigenvalue weighted by molar-refractivity contribution is -0.137. The van der Waals surface area contributed by atoms with Crippen LogP contribution in [0.3, 0.4) is 0 Å². The molecule has 1 aliphatic heterocycles. The predicted octanol–water partition coefficient (Wildman–Crippen LogP) is 4.90. The number of anilines is 3. The molecule has 2 heterocycles. The van der Waals surface area contributed by atoms with Gasteiger partial charge in [-0.3, -0.25) is 0 Å². The van der Waals surface area contributed by atoms with Crippen LogP contribution in [0.15, 0.2) is 84.0 Å². The van der Waals surface area contributed by atoms with Crippen molar-refractivity contribution < 1.29 is 21.6 Å². The summed E-state index contributed by atoms with van der Waals surface area (Å²) in [6.45, 7) is 1.44. The van der Waals surface area contributed by atoms with Crippen molar-refractivity contribution in [2.24, 2.45) is 0 Å². The molecule has 3 aromatic carbocycles. The van der Waals surface area contributed by atoms with E-state index in [1.54, 1.807) is 18.2 Å². The average Bonchev–Trinajstić information content (AvgIpc) is 2.88. The average molecular weight is 514 g/mol. The van der Waals surface area contributed by atoms with Gasteiger partial charge in [0.05, 0.1) is 10.5 Å². The van der Waals surface area contributed by atoms with Gasteiger partial charge in [-0.05, 0) is 35.7 Å². The maximum absolute atomic E-state index is 13.4. The van der Waals surface area contributed by atoms with Crippen molar-refractivity contribution in [2.45, 2.75) is 11.1 Å². The Labute approximate surface area is 206 Å². The summed E-state index contributed by atoms with van der Waals surface area (Å²) in [5, 5.41) is 4.54. The number of sulfonamides is 1. The standard InChI is InChI=1S/C25H22F3N5O2S/c26-25(27,28)19-8-10-20(11-9-19)31-23-16-24(30-17-29-23)32-12-14-33(15-13-32)36(34,35)22-7-3-5-18-4-1-2-6-21(18)22/h1-11,16-17H,12-15H2,(H,29,30,31). The minimum Gasteiger partial charge on any atom is -0.354 e. The fourth-order valence-electron chi connectivity index (χ4n) is 4.20. The van der Waals surface area contributed by atoms with Crippen LogP contribution in [0.5, 0.6) is 0 Å². The molecule has 0 unspecified atom stereocenters. The highest BCUT2D eigenvalue weighted by atomic mass is 32.2. The van der Waals surface area contributed by atoms with Gasteiger partial charge in [0, 0.05) is 43.3 Å². The summed E-state index contributed by atoms with van der Waals surface area (Å²) in [6.07, 6.45) is -3.04. The van der Waals surface area contributed by atoms with Crippen molar-refractivity contribution in [1.29, 1.82) is 0 Å². The molecule has 186 valence electrons. The number of benzene rings is 3. The van der Waals surface area contributed by atoms with E-state index in [0.717, 1.165) is 17.5 Å². The molecule has 5 rings (SSSR count). The highest BCUT2D eigenvalue weighted by Crippen LogP contribution is 2.31. The van der Waals surface area contributed by atoms with Crippen LogP contribution in [0.1, 0.15) is 5.56 Å². The molecular weight excluding hydrogens is 491 g/mol. The highest BCUT2D eigenvalue weighted by Gasteiger charge is 2.31. The molecule has 7 nitrogen and oxygen atoms in total. The quantitative estimate of drug-likeness (QED) is 0.409. The third-order valence-corrected chi connectivity index (χ3v) is 8.02. The molecule has 0 aliphatic carbocycles. The summed E-state index contributed by atoms with van der Waals surface area (Å²) in [5.74, 6) is 1.02. The minimum atomic E-state index is -4.40. The number of piperazine rings is 1. The predicted molar refractivity (Wildman–Crippen MR) is 132 cm³/mol. The van der Waals surface area contributed by atoms with Crippen LogP contribution >= 0.6 is 0 Å². The second-order valence-corrected chi connectivity index (χ2v) is 10.2. The van der Waals surface area contributed by atoms with Crippen LogP contribution in [0.4, 0.5) is 30.5 Å². The topological polar surface area (TPSA) is 78.4 Å². The maximum atomic E-state index is 13.4. The third-order valence-electron chi connectivity index (χ3n) is 6.07. The van der Waals surface area contributed by atoms with Crippen molar-refractivity contribution in [2.75, 3.05) is 36.4 Å². The van der Waals surface area contributed by atoms with E-state index < -0.39 is 21.8 Å². The van der Waals surface area contributed by atoms with Crippen molar-refractivity contribution in [1.82, 2.24) is 14.3 Å². The first kappa shape index (κ1) is 24.0. The Morgan fingerprint density at radius 3 is 2.25 bits per heavy atom. The molecular formula is C25H22F3N5O2S. The van der Waals surface area contributed by atoms with Gasteiger partial charge in [0.25, 0.3) is 0 Å². The summed E-state index contributed by atoms with van der Waals surface area (Å²) in [4.78, 5) is 10.7. The molecule has 1 aromatic heterocycles. The number of hydrogen-bond donors (Lipinski definition) is 1. The zero-order valence-electron chi connectivity index (χ0n) is 19.0. The van der Waals surface area contributed by atoms with Crippen molar-refractivity contribution in [3.05, 3.63) is 84.7 Å². The first-order valence-corrected chi connectivity index (χ1v) is 12.6. The SMILES string of the molecule is O=S(=O)(c1cccc2ccccc12)N1CCN(c2cc(Nc3ccc(C(F)(F)F)cc3)ncn2)CC1. The number of fused-ring (bicyclic) bond motifs is 1. The van der Waals surface area contributed by atoms with E-state index in [4.69, 9.17) is 0 Å². The van der Waals surface area contributed by atoms with Gasteiger partial charge in [0.15, 0.2) is 0 Å². The molecule has 11 heteroatoms. The first-order valence-electron chi connectivity index (χ1n) is 11.2. The molecule has 4 aromatic rings. The van der Waals surface area contributed by atoms with E-state index in [0.29, 0.717) is 40.7 Å². The summed E-state index contributed by atoms with van der Waals surface area (Å²) < 4.78 is 66.6. The summed E-state index contributed by atoms with van der Waals surface area (Å²) in [5.41, 5.74) is -0.272. The number of aromatic nitrogens is 2. The lowest BCUT2D eigenvalue weighted by atomic mass is 10.1. The number of halogens is 3. The minimum absolute atomic E-state index is 0.289. The fourth-order valence-corrected chi connectivity index (χ4v) is 5.83. The van der Waals surface area contributed by atoms with Gasteiger partial charge in [0.1, 0.15) is 18.0 Å². The molecule has 0 spiro atoms. The zero-order chi connectivity index (χ0) is 25.3. The Balaban J connectivity index is 1.28. The molecule has 1 aliphatic rings. The molecule has 0 amide bonds. The lowest BCUT2D eigenvalue weighted by Gasteiger charge is -2.34.